The van der Waals surface area contributed by atoms with Crippen LogP contribution in [-0.2, 0) is 16.1 Å². The third kappa shape index (κ3) is 3.36. The molecule has 2 N–H and O–H groups in total. The summed E-state index contributed by atoms with van der Waals surface area (Å²) in [4.78, 5) is 24.3. The summed E-state index contributed by atoms with van der Waals surface area (Å²) < 4.78 is 0.978. The molecule has 1 amide bonds. The lowest BCUT2D eigenvalue weighted by Crippen LogP contribution is -2.35. The number of carboxylic acid groups (broad SMARTS) is 1. The minimum absolute atomic E-state index is 0.0886. The average molecular weight is 346 g/mol. The lowest BCUT2D eigenvalue weighted by atomic mass is 9.82. The molecule has 0 aromatic carbocycles. The van der Waals surface area contributed by atoms with Crippen LogP contribution in [0, 0.1) is 5.41 Å². The Bertz CT molecular complexity index is 480. The van der Waals surface area contributed by atoms with E-state index in [1.807, 2.05) is 11.4 Å². The van der Waals surface area contributed by atoms with Crippen LogP contribution in [0.2, 0.25) is 0 Å². The van der Waals surface area contributed by atoms with Crippen LogP contribution in [0.3, 0.4) is 0 Å². The third-order valence-corrected chi connectivity index (χ3v) is 5.58. The van der Waals surface area contributed by atoms with E-state index in [1.54, 1.807) is 11.3 Å². The van der Waals surface area contributed by atoms with Crippen molar-refractivity contribution in [2.75, 3.05) is 0 Å². The van der Waals surface area contributed by atoms with Crippen molar-refractivity contribution in [3.63, 3.8) is 0 Å². The van der Waals surface area contributed by atoms with E-state index >= 15 is 0 Å². The highest BCUT2D eigenvalue weighted by Crippen LogP contribution is 2.41. The Labute approximate surface area is 124 Å². The number of carboxylic acids is 1. The van der Waals surface area contributed by atoms with Crippen molar-refractivity contribution < 1.29 is 14.7 Å². The van der Waals surface area contributed by atoms with E-state index in [0.29, 0.717) is 19.4 Å². The first kappa shape index (κ1) is 14.5. The van der Waals surface area contributed by atoms with Gasteiger partial charge in [0.25, 0.3) is 0 Å². The van der Waals surface area contributed by atoms with Crippen molar-refractivity contribution >= 4 is 39.1 Å². The normalized spacial score (nSPS) is 17.3. The molecule has 0 aliphatic heterocycles. The maximum atomic E-state index is 11.9. The zero-order valence-electron chi connectivity index (χ0n) is 10.4. The lowest BCUT2D eigenvalue weighted by molar-refractivity contribution is -0.151. The van der Waals surface area contributed by atoms with Crippen molar-refractivity contribution in [2.45, 2.75) is 38.6 Å². The number of nitrogens with one attached hydrogen (secondary N) is 1. The zero-order chi connectivity index (χ0) is 13.9. The SMILES string of the molecule is O=C(CC1(C(=O)O)CCCC1)NCc1sccc1Br. The van der Waals surface area contributed by atoms with Crippen molar-refractivity contribution in [1.82, 2.24) is 5.32 Å². The van der Waals surface area contributed by atoms with Crippen molar-refractivity contribution in [3.8, 4) is 0 Å². The first-order valence-electron chi connectivity index (χ1n) is 6.25. The predicted octanol–water partition coefficient (Wildman–Crippen LogP) is 3.16. The molecule has 1 aromatic heterocycles. The average Bonchev–Trinajstić information content (AvgIpc) is 2.97. The Hall–Kier alpha value is -0.880. The van der Waals surface area contributed by atoms with E-state index in [1.165, 1.54) is 0 Å². The number of thiophene rings is 1. The molecule has 0 radical (unpaired) electrons. The van der Waals surface area contributed by atoms with Gasteiger partial charge in [0, 0.05) is 15.8 Å². The van der Waals surface area contributed by atoms with Gasteiger partial charge in [0.1, 0.15) is 0 Å². The molecule has 19 heavy (non-hydrogen) atoms. The summed E-state index contributed by atoms with van der Waals surface area (Å²) in [5, 5.41) is 14.1. The van der Waals surface area contributed by atoms with Crippen LogP contribution in [0.1, 0.15) is 37.0 Å². The Morgan fingerprint density at radius 3 is 2.63 bits per heavy atom. The van der Waals surface area contributed by atoms with Gasteiger partial charge >= 0.3 is 5.97 Å². The molecule has 0 bridgehead atoms. The van der Waals surface area contributed by atoms with Crippen LogP contribution in [0.4, 0.5) is 0 Å². The van der Waals surface area contributed by atoms with Crippen LogP contribution in [0.25, 0.3) is 0 Å². The van der Waals surface area contributed by atoms with E-state index in [4.69, 9.17) is 0 Å². The van der Waals surface area contributed by atoms with Crippen molar-refractivity contribution in [2.24, 2.45) is 5.41 Å². The molecule has 104 valence electrons. The molecule has 0 atom stereocenters. The van der Waals surface area contributed by atoms with E-state index in [0.717, 1.165) is 22.2 Å². The number of aliphatic carboxylic acids is 1. The van der Waals surface area contributed by atoms with Crippen LogP contribution in [0.15, 0.2) is 15.9 Å². The highest BCUT2D eigenvalue weighted by molar-refractivity contribution is 9.10. The molecule has 1 aromatic rings. The molecule has 4 nitrogen and oxygen atoms in total. The molecule has 0 saturated heterocycles. The summed E-state index contributed by atoms with van der Waals surface area (Å²) in [6, 6.07) is 1.93. The minimum atomic E-state index is -0.837. The van der Waals surface area contributed by atoms with E-state index in [-0.39, 0.29) is 12.3 Å². The molecule has 1 heterocycles. The monoisotopic (exact) mass is 345 g/mol. The quantitative estimate of drug-likeness (QED) is 0.861. The topological polar surface area (TPSA) is 66.4 Å². The molecule has 1 saturated carbocycles. The minimum Gasteiger partial charge on any atom is -0.481 e. The fraction of sp³-hybridized carbons (Fsp3) is 0.538. The standard InChI is InChI=1S/C13H16BrNO3S/c14-9-3-6-19-10(9)8-15-11(16)7-13(12(17)18)4-1-2-5-13/h3,6H,1-2,4-5,7-8H2,(H,15,16)(H,17,18). The summed E-state index contributed by atoms with van der Waals surface area (Å²) in [6.45, 7) is 0.451. The number of halogens is 1. The third-order valence-electron chi connectivity index (χ3n) is 3.65. The molecule has 0 unspecified atom stereocenters. The van der Waals surface area contributed by atoms with Crippen molar-refractivity contribution in [1.29, 1.82) is 0 Å². The first-order chi connectivity index (χ1) is 9.03. The fourth-order valence-corrected chi connectivity index (χ4v) is 3.95. The molecule has 0 spiro atoms. The molecular formula is C13H16BrNO3S. The molecule has 2 rings (SSSR count). The number of carbonyl (C=O) groups is 2. The van der Waals surface area contributed by atoms with Gasteiger partial charge in [0.05, 0.1) is 12.0 Å². The van der Waals surface area contributed by atoms with Crippen LogP contribution in [0.5, 0.6) is 0 Å². The summed E-state index contributed by atoms with van der Waals surface area (Å²) >= 11 is 4.97. The van der Waals surface area contributed by atoms with Gasteiger partial charge in [-0.3, -0.25) is 9.59 Å². The number of rotatable bonds is 5. The van der Waals surface area contributed by atoms with Gasteiger partial charge in [0.2, 0.25) is 5.91 Å². The van der Waals surface area contributed by atoms with Gasteiger partial charge < -0.3 is 10.4 Å². The largest absolute Gasteiger partial charge is 0.481 e. The second-order valence-corrected chi connectivity index (χ2v) is 6.79. The van der Waals surface area contributed by atoms with Gasteiger partial charge in [-0.2, -0.15) is 0 Å². The zero-order valence-corrected chi connectivity index (χ0v) is 12.8. The van der Waals surface area contributed by atoms with E-state index in [2.05, 4.69) is 21.2 Å². The van der Waals surface area contributed by atoms with Gasteiger partial charge in [-0.1, -0.05) is 12.8 Å². The second kappa shape index (κ2) is 6.05. The number of hydrogen-bond acceptors (Lipinski definition) is 3. The predicted molar refractivity (Wildman–Crippen MR) is 77.0 cm³/mol. The second-order valence-electron chi connectivity index (χ2n) is 4.94. The van der Waals surface area contributed by atoms with Gasteiger partial charge in [0.15, 0.2) is 0 Å². The summed E-state index contributed by atoms with van der Waals surface area (Å²) in [7, 11) is 0. The number of amides is 1. The van der Waals surface area contributed by atoms with Gasteiger partial charge in [-0.15, -0.1) is 11.3 Å². The van der Waals surface area contributed by atoms with E-state index in [9.17, 15) is 14.7 Å². The lowest BCUT2D eigenvalue weighted by Gasteiger charge is -2.22. The number of hydrogen-bond donors (Lipinski definition) is 2. The summed E-state index contributed by atoms with van der Waals surface area (Å²) in [5.74, 6) is -1.01. The maximum absolute atomic E-state index is 11.9. The molecule has 6 heteroatoms. The fourth-order valence-electron chi connectivity index (χ4n) is 2.52. The Balaban J connectivity index is 1.90. The Morgan fingerprint density at radius 2 is 2.11 bits per heavy atom. The first-order valence-corrected chi connectivity index (χ1v) is 7.93. The Morgan fingerprint density at radius 1 is 1.42 bits per heavy atom. The summed E-state index contributed by atoms with van der Waals surface area (Å²) in [5.41, 5.74) is -0.837. The number of carbonyl (C=O) groups excluding carboxylic acids is 1. The van der Waals surface area contributed by atoms with Crippen LogP contribution in [-0.4, -0.2) is 17.0 Å². The van der Waals surface area contributed by atoms with Crippen molar-refractivity contribution in [3.05, 3.63) is 20.8 Å². The summed E-state index contributed by atoms with van der Waals surface area (Å²) in [6.07, 6.45) is 3.11. The Kier molecular flexibility index (Phi) is 4.62. The van der Waals surface area contributed by atoms with Crippen LogP contribution < -0.4 is 5.32 Å². The molecule has 1 fully saturated rings. The van der Waals surface area contributed by atoms with Crippen LogP contribution >= 0.6 is 27.3 Å². The maximum Gasteiger partial charge on any atom is 0.310 e. The van der Waals surface area contributed by atoms with Gasteiger partial charge in [-0.05, 0) is 40.2 Å². The van der Waals surface area contributed by atoms with Gasteiger partial charge in [-0.25, -0.2) is 0 Å². The van der Waals surface area contributed by atoms with E-state index < -0.39 is 11.4 Å². The molecule has 1 aliphatic rings. The molecule has 1 aliphatic carbocycles. The molecular weight excluding hydrogens is 330 g/mol. The highest BCUT2D eigenvalue weighted by atomic mass is 79.9. The highest BCUT2D eigenvalue weighted by Gasteiger charge is 2.42. The smallest absolute Gasteiger partial charge is 0.310 e.